The standard InChI is InChI=1S/C13H12FN3O2S2/c1-9-8-20-13(17-9)5-6-16-21(18,19)12-4-2-3-11(14)10(12)7-15/h2-4,8,16H,5-6H2,1H3. The van der Waals surface area contributed by atoms with Gasteiger partial charge >= 0.3 is 0 Å². The van der Waals surface area contributed by atoms with Crippen LogP contribution >= 0.6 is 11.3 Å². The molecule has 0 saturated heterocycles. The van der Waals surface area contributed by atoms with Gasteiger partial charge in [-0.05, 0) is 19.1 Å². The van der Waals surface area contributed by atoms with E-state index in [0.717, 1.165) is 16.8 Å². The number of aryl methyl sites for hydroxylation is 1. The fraction of sp³-hybridized carbons (Fsp3) is 0.231. The Morgan fingerprint density at radius 3 is 2.86 bits per heavy atom. The van der Waals surface area contributed by atoms with Gasteiger partial charge in [0.2, 0.25) is 10.0 Å². The zero-order chi connectivity index (χ0) is 15.5. The third-order valence-corrected chi connectivity index (χ3v) is 5.20. The monoisotopic (exact) mass is 325 g/mol. The molecular formula is C13H12FN3O2S2. The Labute approximate surface area is 126 Å². The molecule has 2 aromatic rings. The minimum atomic E-state index is -3.92. The maximum Gasteiger partial charge on any atom is 0.242 e. The molecule has 0 aliphatic carbocycles. The zero-order valence-corrected chi connectivity index (χ0v) is 12.8. The molecule has 8 heteroatoms. The highest BCUT2D eigenvalue weighted by molar-refractivity contribution is 7.89. The summed E-state index contributed by atoms with van der Waals surface area (Å²) in [5.74, 6) is -0.851. The molecule has 0 aliphatic heterocycles. The van der Waals surface area contributed by atoms with Crippen molar-refractivity contribution in [1.82, 2.24) is 9.71 Å². The largest absolute Gasteiger partial charge is 0.247 e. The summed E-state index contributed by atoms with van der Waals surface area (Å²) < 4.78 is 40.0. The average molecular weight is 325 g/mol. The molecule has 0 fully saturated rings. The highest BCUT2D eigenvalue weighted by Gasteiger charge is 2.20. The first-order valence-electron chi connectivity index (χ1n) is 6.03. The summed E-state index contributed by atoms with van der Waals surface area (Å²) >= 11 is 1.45. The van der Waals surface area contributed by atoms with Gasteiger partial charge in [0.25, 0.3) is 0 Å². The van der Waals surface area contributed by atoms with Gasteiger partial charge in [0.1, 0.15) is 22.3 Å². The number of sulfonamides is 1. The molecule has 0 saturated carbocycles. The summed E-state index contributed by atoms with van der Waals surface area (Å²) in [6.07, 6.45) is 0.439. The highest BCUT2D eigenvalue weighted by Crippen LogP contribution is 2.18. The number of nitriles is 1. The number of hydrogen-bond acceptors (Lipinski definition) is 5. The Bertz CT molecular complexity index is 794. The van der Waals surface area contributed by atoms with Crippen LogP contribution in [0.5, 0.6) is 0 Å². The van der Waals surface area contributed by atoms with E-state index in [4.69, 9.17) is 5.26 Å². The molecule has 0 radical (unpaired) electrons. The van der Waals surface area contributed by atoms with Crippen LogP contribution in [0.1, 0.15) is 16.3 Å². The van der Waals surface area contributed by atoms with Crippen molar-refractivity contribution in [3.8, 4) is 6.07 Å². The first-order chi connectivity index (χ1) is 9.94. The highest BCUT2D eigenvalue weighted by atomic mass is 32.2. The van der Waals surface area contributed by atoms with Gasteiger partial charge in [0.15, 0.2) is 0 Å². The number of nitrogens with zero attached hydrogens (tertiary/aromatic N) is 2. The van der Waals surface area contributed by atoms with E-state index in [9.17, 15) is 12.8 Å². The van der Waals surface area contributed by atoms with Crippen molar-refractivity contribution in [3.63, 3.8) is 0 Å². The maximum atomic E-state index is 13.4. The first-order valence-corrected chi connectivity index (χ1v) is 8.39. The van der Waals surface area contributed by atoms with Gasteiger partial charge in [-0.2, -0.15) is 5.26 Å². The Kier molecular flexibility index (Phi) is 4.67. The van der Waals surface area contributed by atoms with Crippen molar-refractivity contribution in [2.24, 2.45) is 0 Å². The molecule has 0 unspecified atom stereocenters. The van der Waals surface area contributed by atoms with E-state index in [2.05, 4.69) is 9.71 Å². The topological polar surface area (TPSA) is 82.9 Å². The molecule has 0 spiro atoms. The Hall–Kier alpha value is -1.82. The van der Waals surface area contributed by atoms with Crippen molar-refractivity contribution in [2.75, 3.05) is 6.54 Å². The lowest BCUT2D eigenvalue weighted by atomic mass is 10.2. The van der Waals surface area contributed by atoms with E-state index in [-0.39, 0.29) is 11.4 Å². The number of hydrogen-bond donors (Lipinski definition) is 1. The molecule has 21 heavy (non-hydrogen) atoms. The quantitative estimate of drug-likeness (QED) is 0.911. The van der Waals surface area contributed by atoms with E-state index >= 15 is 0 Å². The summed E-state index contributed by atoms with van der Waals surface area (Å²) in [5.41, 5.74) is 0.407. The van der Waals surface area contributed by atoms with Crippen molar-refractivity contribution in [1.29, 1.82) is 5.26 Å². The Morgan fingerprint density at radius 1 is 1.48 bits per heavy atom. The third kappa shape index (κ3) is 3.64. The number of halogens is 1. The first kappa shape index (κ1) is 15.6. The zero-order valence-electron chi connectivity index (χ0n) is 11.1. The van der Waals surface area contributed by atoms with E-state index in [1.165, 1.54) is 23.5 Å². The van der Waals surface area contributed by atoms with Gasteiger partial charge in [-0.15, -0.1) is 11.3 Å². The second-order valence-corrected chi connectivity index (χ2v) is 6.93. The van der Waals surface area contributed by atoms with Crippen LogP contribution < -0.4 is 4.72 Å². The smallest absolute Gasteiger partial charge is 0.242 e. The molecule has 110 valence electrons. The number of nitrogens with one attached hydrogen (secondary N) is 1. The number of thiazole rings is 1. The molecule has 0 amide bonds. The normalized spacial score (nSPS) is 11.3. The van der Waals surface area contributed by atoms with Crippen molar-refractivity contribution < 1.29 is 12.8 Å². The Morgan fingerprint density at radius 2 is 2.24 bits per heavy atom. The molecular weight excluding hydrogens is 313 g/mol. The molecule has 2 rings (SSSR count). The molecule has 5 nitrogen and oxygen atoms in total. The van der Waals surface area contributed by atoms with Gasteiger partial charge < -0.3 is 0 Å². The van der Waals surface area contributed by atoms with Crippen molar-refractivity contribution in [2.45, 2.75) is 18.2 Å². The number of benzene rings is 1. The van der Waals surface area contributed by atoms with E-state index in [1.807, 2.05) is 12.3 Å². The minimum Gasteiger partial charge on any atom is -0.247 e. The van der Waals surface area contributed by atoms with Gasteiger partial charge in [0, 0.05) is 24.0 Å². The van der Waals surface area contributed by atoms with Crippen LogP contribution in [-0.2, 0) is 16.4 Å². The molecule has 1 aromatic carbocycles. The molecule has 1 aromatic heterocycles. The third-order valence-electron chi connectivity index (χ3n) is 2.67. The predicted molar refractivity (Wildman–Crippen MR) is 76.9 cm³/mol. The summed E-state index contributed by atoms with van der Waals surface area (Å²) in [5, 5.41) is 11.6. The number of rotatable bonds is 5. The molecule has 0 aliphatic rings. The lowest BCUT2D eigenvalue weighted by Gasteiger charge is -2.07. The van der Waals surface area contributed by atoms with Gasteiger partial charge in [-0.1, -0.05) is 6.07 Å². The molecule has 1 heterocycles. The lowest BCUT2D eigenvalue weighted by Crippen LogP contribution is -2.27. The Balaban J connectivity index is 2.12. The summed E-state index contributed by atoms with van der Waals surface area (Å²) in [4.78, 5) is 3.88. The van der Waals surface area contributed by atoms with Gasteiger partial charge in [-0.25, -0.2) is 22.5 Å². The van der Waals surface area contributed by atoms with Crippen molar-refractivity contribution >= 4 is 21.4 Å². The second-order valence-electron chi connectivity index (χ2n) is 4.26. The summed E-state index contributed by atoms with van der Waals surface area (Å²) in [7, 11) is -3.92. The van der Waals surface area contributed by atoms with Crippen LogP contribution in [0.3, 0.4) is 0 Å². The van der Waals surface area contributed by atoms with Gasteiger partial charge in [0.05, 0.1) is 5.01 Å². The van der Waals surface area contributed by atoms with Crippen LogP contribution in [-0.4, -0.2) is 19.9 Å². The van der Waals surface area contributed by atoms with E-state index in [1.54, 1.807) is 6.07 Å². The van der Waals surface area contributed by atoms with Gasteiger partial charge in [-0.3, -0.25) is 0 Å². The number of aromatic nitrogens is 1. The molecule has 0 atom stereocenters. The van der Waals surface area contributed by atoms with Crippen LogP contribution in [0, 0.1) is 24.1 Å². The minimum absolute atomic E-state index is 0.136. The van der Waals surface area contributed by atoms with E-state index < -0.39 is 21.4 Å². The lowest BCUT2D eigenvalue weighted by molar-refractivity contribution is 0.576. The van der Waals surface area contributed by atoms with Crippen molar-refractivity contribution in [3.05, 3.63) is 45.7 Å². The van der Waals surface area contributed by atoms with Crippen LogP contribution in [0.4, 0.5) is 4.39 Å². The molecule has 1 N–H and O–H groups in total. The van der Waals surface area contributed by atoms with E-state index in [0.29, 0.717) is 6.42 Å². The maximum absolute atomic E-state index is 13.4. The predicted octanol–water partition coefficient (Wildman–Crippen LogP) is 1.98. The summed E-state index contributed by atoms with van der Waals surface area (Å²) in [6.45, 7) is 1.99. The second kappa shape index (κ2) is 6.30. The summed E-state index contributed by atoms with van der Waals surface area (Å²) in [6, 6.07) is 5.09. The van der Waals surface area contributed by atoms with Crippen LogP contribution in [0.25, 0.3) is 0 Å². The SMILES string of the molecule is Cc1csc(CCNS(=O)(=O)c2cccc(F)c2C#N)n1. The van der Waals surface area contributed by atoms with Crippen LogP contribution in [0.15, 0.2) is 28.5 Å². The molecule has 0 bridgehead atoms. The average Bonchev–Trinajstić information content (AvgIpc) is 2.84. The van der Waals surface area contributed by atoms with Crippen LogP contribution in [0.2, 0.25) is 0 Å². The fourth-order valence-corrected chi connectivity index (χ4v) is 3.70. The fourth-order valence-electron chi connectivity index (χ4n) is 1.72.